The van der Waals surface area contributed by atoms with Crippen LogP contribution < -0.4 is 5.32 Å². The van der Waals surface area contributed by atoms with Crippen molar-refractivity contribution in [2.75, 3.05) is 5.32 Å². The highest BCUT2D eigenvalue weighted by molar-refractivity contribution is 9.10. The smallest absolute Gasteiger partial charge is 0.106 e. The summed E-state index contributed by atoms with van der Waals surface area (Å²) in [6.07, 6.45) is 0. The van der Waals surface area contributed by atoms with Gasteiger partial charge in [-0.05, 0) is 56.1 Å². The van der Waals surface area contributed by atoms with Crippen molar-refractivity contribution in [1.82, 2.24) is 4.98 Å². The van der Waals surface area contributed by atoms with Gasteiger partial charge in [0.25, 0.3) is 0 Å². The van der Waals surface area contributed by atoms with E-state index in [0.717, 1.165) is 20.5 Å². The second kappa shape index (κ2) is 5.46. The Kier molecular flexibility index (Phi) is 3.96. The largest absolute Gasteiger partial charge is 0.378 e. The van der Waals surface area contributed by atoms with Crippen molar-refractivity contribution < 1.29 is 0 Å². The van der Waals surface area contributed by atoms with Gasteiger partial charge in [-0.3, -0.25) is 0 Å². The lowest BCUT2D eigenvalue weighted by atomic mass is 10.3. The molecule has 0 fully saturated rings. The Labute approximate surface area is 111 Å². The molecule has 2 nitrogen and oxygen atoms in total. The van der Waals surface area contributed by atoms with E-state index in [1.807, 2.05) is 42.5 Å². The number of nitrogens with one attached hydrogen (secondary N) is 1. The lowest BCUT2D eigenvalue weighted by Gasteiger charge is -2.07. The molecule has 0 atom stereocenters. The molecule has 0 spiro atoms. The van der Waals surface area contributed by atoms with Crippen LogP contribution in [0.2, 0.25) is 0 Å². The van der Waals surface area contributed by atoms with Crippen molar-refractivity contribution in [3.8, 4) is 0 Å². The number of benzene rings is 1. The van der Waals surface area contributed by atoms with E-state index >= 15 is 0 Å². The molecule has 0 saturated carbocycles. The Morgan fingerprint density at radius 2 is 1.81 bits per heavy atom. The molecule has 0 bridgehead atoms. The third kappa shape index (κ3) is 3.06. The quantitative estimate of drug-likeness (QED) is 0.845. The van der Waals surface area contributed by atoms with E-state index in [-0.39, 0.29) is 0 Å². The van der Waals surface area contributed by atoms with Gasteiger partial charge in [-0.1, -0.05) is 18.2 Å². The van der Waals surface area contributed by atoms with Crippen LogP contribution in [0.15, 0.2) is 51.5 Å². The van der Waals surface area contributed by atoms with E-state index in [9.17, 15) is 0 Å². The molecular weight excluding hydrogens is 332 g/mol. The molecule has 1 N–H and O–H groups in total. The Hall–Kier alpha value is -0.870. The summed E-state index contributed by atoms with van der Waals surface area (Å²) >= 11 is 6.85. The second-order valence-corrected chi connectivity index (χ2v) is 4.95. The maximum Gasteiger partial charge on any atom is 0.106 e. The minimum absolute atomic E-state index is 0.710. The van der Waals surface area contributed by atoms with Gasteiger partial charge < -0.3 is 5.32 Å². The summed E-state index contributed by atoms with van der Waals surface area (Å²) in [7, 11) is 0. The molecule has 1 aromatic carbocycles. The average Bonchev–Trinajstić information content (AvgIpc) is 2.28. The molecule has 1 heterocycles. The number of hydrogen-bond acceptors (Lipinski definition) is 2. The molecule has 4 heteroatoms. The predicted molar refractivity (Wildman–Crippen MR) is 73.4 cm³/mol. The highest BCUT2D eigenvalue weighted by Gasteiger charge is 1.99. The zero-order valence-corrected chi connectivity index (χ0v) is 11.6. The Morgan fingerprint density at radius 1 is 1.00 bits per heavy atom. The Balaban J connectivity index is 2.05. The monoisotopic (exact) mass is 340 g/mol. The molecule has 0 radical (unpaired) electrons. The molecule has 0 aliphatic carbocycles. The topological polar surface area (TPSA) is 24.9 Å². The van der Waals surface area contributed by atoms with Crippen molar-refractivity contribution in [3.05, 3.63) is 57.2 Å². The van der Waals surface area contributed by atoms with Gasteiger partial charge >= 0.3 is 0 Å². The fourth-order valence-electron chi connectivity index (χ4n) is 1.34. The molecule has 1 aromatic heterocycles. The third-order valence-corrected chi connectivity index (χ3v) is 3.24. The summed E-state index contributed by atoms with van der Waals surface area (Å²) in [6, 6.07) is 13.9. The fourth-order valence-corrected chi connectivity index (χ4v) is 2.14. The molecule has 0 amide bonds. The van der Waals surface area contributed by atoms with Crippen molar-refractivity contribution in [1.29, 1.82) is 0 Å². The standard InChI is InChI=1S/C12H10Br2N2/c13-10-5-1-2-6-11(10)15-8-9-4-3-7-12(14)16-9/h1-7,15H,8H2. The van der Waals surface area contributed by atoms with Gasteiger partial charge in [0, 0.05) is 10.2 Å². The average molecular weight is 342 g/mol. The van der Waals surface area contributed by atoms with Gasteiger partial charge in [0.05, 0.1) is 12.2 Å². The highest BCUT2D eigenvalue weighted by Crippen LogP contribution is 2.21. The first-order valence-corrected chi connectivity index (χ1v) is 6.44. The molecule has 0 saturated heterocycles. The lowest BCUT2D eigenvalue weighted by molar-refractivity contribution is 1.03. The van der Waals surface area contributed by atoms with Crippen LogP contribution in [0, 0.1) is 0 Å². The van der Waals surface area contributed by atoms with Crippen LogP contribution in [0.25, 0.3) is 0 Å². The van der Waals surface area contributed by atoms with Crippen LogP contribution in [0.4, 0.5) is 5.69 Å². The molecular formula is C12H10Br2N2. The molecule has 2 rings (SSSR count). The van der Waals surface area contributed by atoms with Gasteiger partial charge in [-0.25, -0.2) is 4.98 Å². The van der Waals surface area contributed by atoms with Crippen LogP contribution in [0.1, 0.15) is 5.69 Å². The van der Waals surface area contributed by atoms with Crippen LogP contribution in [-0.2, 0) is 6.54 Å². The van der Waals surface area contributed by atoms with Gasteiger partial charge in [0.2, 0.25) is 0 Å². The number of nitrogens with zero attached hydrogens (tertiary/aromatic N) is 1. The summed E-state index contributed by atoms with van der Waals surface area (Å²) in [6.45, 7) is 0.710. The first-order chi connectivity index (χ1) is 7.75. The number of aromatic nitrogens is 1. The van der Waals surface area contributed by atoms with Crippen molar-refractivity contribution >= 4 is 37.5 Å². The number of halogens is 2. The number of rotatable bonds is 3. The van der Waals surface area contributed by atoms with Crippen LogP contribution >= 0.6 is 31.9 Å². The van der Waals surface area contributed by atoms with Gasteiger partial charge in [-0.15, -0.1) is 0 Å². The molecule has 82 valence electrons. The van der Waals surface area contributed by atoms with Crippen LogP contribution in [0.3, 0.4) is 0 Å². The van der Waals surface area contributed by atoms with Gasteiger partial charge in [0.1, 0.15) is 4.60 Å². The molecule has 0 aliphatic rings. The van der Waals surface area contributed by atoms with Crippen molar-refractivity contribution in [3.63, 3.8) is 0 Å². The summed E-state index contributed by atoms with van der Waals surface area (Å²) in [5.74, 6) is 0. The van der Waals surface area contributed by atoms with Crippen molar-refractivity contribution in [2.24, 2.45) is 0 Å². The molecule has 0 aliphatic heterocycles. The summed E-state index contributed by atoms with van der Waals surface area (Å²) in [4.78, 5) is 4.36. The fraction of sp³-hybridized carbons (Fsp3) is 0.0833. The first kappa shape index (κ1) is 11.6. The van der Waals surface area contributed by atoms with Gasteiger partial charge in [0.15, 0.2) is 0 Å². The number of hydrogen-bond donors (Lipinski definition) is 1. The number of anilines is 1. The summed E-state index contributed by atoms with van der Waals surface area (Å²) in [5.41, 5.74) is 2.08. The lowest BCUT2D eigenvalue weighted by Crippen LogP contribution is -2.01. The maximum atomic E-state index is 4.36. The van der Waals surface area contributed by atoms with E-state index < -0.39 is 0 Å². The molecule has 16 heavy (non-hydrogen) atoms. The predicted octanol–water partition coefficient (Wildman–Crippen LogP) is 4.22. The molecule has 2 aromatic rings. The van der Waals surface area contributed by atoms with E-state index in [1.54, 1.807) is 0 Å². The maximum absolute atomic E-state index is 4.36. The van der Waals surface area contributed by atoms with Crippen molar-refractivity contribution in [2.45, 2.75) is 6.54 Å². The van der Waals surface area contributed by atoms with E-state index in [0.29, 0.717) is 6.54 Å². The Bertz CT molecular complexity index is 486. The first-order valence-electron chi connectivity index (χ1n) is 4.85. The Morgan fingerprint density at radius 3 is 2.56 bits per heavy atom. The van der Waals surface area contributed by atoms with E-state index in [2.05, 4.69) is 42.2 Å². The van der Waals surface area contributed by atoms with E-state index in [1.165, 1.54) is 0 Å². The zero-order valence-electron chi connectivity index (χ0n) is 8.45. The second-order valence-electron chi connectivity index (χ2n) is 3.29. The van der Waals surface area contributed by atoms with E-state index in [4.69, 9.17) is 0 Å². The summed E-state index contributed by atoms with van der Waals surface area (Å²) in [5, 5.41) is 3.33. The SMILES string of the molecule is Brc1cccc(CNc2ccccc2Br)n1. The number of pyridine rings is 1. The normalized spacial score (nSPS) is 10.1. The van der Waals surface area contributed by atoms with Gasteiger partial charge in [-0.2, -0.15) is 0 Å². The third-order valence-electron chi connectivity index (χ3n) is 2.11. The highest BCUT2D eigenvalue weighted by atomic mass is 79.9. The van der Waals surface area contributed by atoms with Crippen LogP contribution in [-0.4, -0.2) is 4.98 Å². The minimum Gasteiger partial charge on any atom is -0.378 e. The zero-order chi connectivity index (χ0) is 11.4. The minimum atomic E-state index is 0.710. The number of para-hydroxylation sites is 1. The van der Waals surface area contributed by atoms with Crippen LogP contribution in [0.5, 0.6) is 0 Å². The molecule has 0 unspecified atom stereocenters. The summed E-state index contributed by atoms with van der Waals surface area (Å²) < 4.78 is 1.92.